The first-order valence-corrected chi connectivity index (χ1v) is 31.2. The number of nitrogens with one attached hydrogen (secondary N) is 8. The van der Waals surface area contributed by atoms with Gasteiger partial charge in [0.1, 0.15) is 12.1 Å². The van der Waals surface area contributed by atoms with E-state index in [0.717, 1.165) is 6.42 Å². The molecule has 20 N–H and O–H groups in total. The van der Waals surface area contributed by atoms with Crippen LogP contribution in [0.5, 0.6) is 0 Å². The van der Waals surface area contributed by atoms with Gasteiger partial charge in [0.15, 0.2) is 23.1 Å². The fraction of sp³-hybridized carbons (Fsp3) is 0.705. The first kappa shape index (κ1) is 77.5. The Bertz CT molecular complexity index is 2410. The predicted octanol–water partition coefficient (Wildman–Crippen LogP) is -2.01. The van der Waals surface area contributed by atoms with E-state index < -0.39 is 162 Å². The minimum atomic E-state index is -1.45. The number of hydrogen-bond acceptors (Lipinski definition) is 19. The molecule has 0 aromatic heterocycles. The Morgan fingerprint density at radius 3 is 1.72 bits per heavy atom. The summed E-state index contributed by atoms with van der Waals surface area (Å²) in [4.78, 5) is 167. The second-order valence-corrected chi connectivity index (χ2v) is 23.4. The lowest BCUT2D eigenvalue weighted by Gasteiger charge is -2.28. The zero-order valence-corrected chi connectivity index (χ0v) is 52.3. The summed E-state index contributed by atoms with van der Waals surface area (Å²) in [6, 6.07) is 1.04. The molecule has 88 heavy (non-hydrogen) atoms. The van der Waals surface area contributed by atoms with Crippen molar-refractivity contribution in [2.45, 2.75) is 199 Å². The molecule has 1 heterocycles. The summed E-state index contributed by atoms with van der Waals surface area (Å²) in [6.07, 6.45) is -2.95. The van der Waals surface area contributed by atoms with Gasteiger partial charge in [-0.15, -0.1) is 0 Å². The van der Waals surface area contributed by atoms with Gasteiger partial charge in [-0.1, -0.05) is 57.5 Å². The Morgan fingerprint density at radius 1 is 0.602 bits per heavy atom. The maximum Gasteiger partial charge on any atom is 0.243 e. The highest BCUT2D eigenvalue weighted by Crippen LogP contribution is 2.21. The summed E-state index contributed by atoms with van der Waals surface area (Å²) in [5.74, 6) is -13.6. The van der Waals surface area contributed by atoms with Crippen LogP contribution in [0.2, 0.25) is 0 Å². The molecule has 0 radical (unpaired) electrons. The molecule has 496 valence electrons. The van der Waals surface area contributed by atoms with Gasteiger partial charge in [-0.25, -0.2) is 0 Å². The lowest BCUT2D eigenvalue weighted by atomic mass is 9.89. The first-order chi connectivity index (χ1) is 41.8. The van der Waals surface area contributed by atoms with Crippen LogP contribution in [-0.2, 0) is 64.0 Å². The third-order valence-electron chi connectivity index (χ3n) is 15.4. The van der Waals surface area contributed by atoms with E-state index in [0.29, 0.717) is 37.8 Å². The van der Waals surface area contributed by atoms with Gasteiger partial charge in [0.2, 0.25) is 47.3 Å². The average Bonchev–Trinajstić information content (AvgIpc) is 3.69. The molecular weight excluding hydrogens is 1140 g/mol. The number of hydrogen-bond donors (Lipinski definition) is 15. The molecule has 0 saturated carbocycles. The van der Waals surface area contributed by atoms with Crippen molar-refractivity contribution < 1.29 is 67.7 Å². The standard InChI is InChI=1S/C61H103N13O14/c1-6-13-54(81)67-28-12-8-11-16-55(82)69-44(17-23-62)52(79)35-43(38(5)76)59(86)71-46(19-25-64)50(77)32-40-22-29-68-58(85)42(37(4)75)34-53(80)47(20-26-65)72-60(87)48(21-27-66)73-61(88)49(30-36(2)3)74-57(84)41(31-39-14-9-7-10-15-39)33-51(78)45(18-24-63)70-56(40)83/h7,9-10,14-15,36-38,40-49,75-76H,6,8,11-13,16-35,62-66H2,1-5H3,(H,67,81)(H,68,85)(H,69,82)(H,70,83)(H,71,86)(H,72,87)(H,73,88)(H,74,84)/t37-,38-,40-,41+,42+,43+,44+,45+,46+,47+,48+,49+/m1/s1. The van der Waals surface area contributed by atoms with E-state index in [1.807, 2.05) is 20.8 Å². The van der Waals surface area contributed by atoms with Crippen molar-refractivity contribution >= 4 is 70.4 Å². The molecule has 1 saturated heterocycles. The highest BCUT2D eigenvalue weighted by molar-refractivity contribution is 5.99. The Labute approximate surface area is 517 Å². The van der Waals surface area contributed by atoms with Gasteiger partial charge in [0, 0.05) is 63.5 Å². The van der Waals surface area contributed by atoms with Crippen molar-refractivity contribution in [2.75, 3.05) is 45.8 Å². The molecule has 0 unspecified atom stereocenters. The highest BCUT2D eigenvalue weighted by atomic mass is 16.3. The van der Waals surface area contributed by atoms with Crippen LogP contribution in [0.3, 0.4) is 0 Å². The van der Waals surface area contributed by atoms with Gasteiger partial charge in [0.05, 0.1) is 48.2 Å². The van der Waals surface area contributed by atoms with Crippen molar-refractivity contribution in [3.05, 3.63) is 35.9 Å². The number of unbranched alkanes of at least 4 members (excludes halogenated alkanes) is 2. The van der Waals surface area contributed by atoms with Gasteiger partial charge in [-0.2, -0.15) is 0 Å². The molecule has 27 heteroatoms. The van der Waals surface area contributed by atoms with Crippen LogP contribution >= 0.6 is 0 Å². The summed E-state index contributed by atoms with van der Waals surface area (Å²) in [7, 11) is 0. The largest absolute Gasteiger partial charge is 0.393 e. The monoisotopic (exact) mass is 1240 g/mol. The first-order valence-electron chi connectivity index (χ1n) is 31.2. The Hall–Kier alpha value is -6.62. The smallest absolute Gasteiger partial charge is 0.243 e. The molecule has 1 fully saturated rings. The molecule has 1 aromatic carbocycles. The fourth-order valence-electron chi connectivity index (χ4n) is 10.3. The van der Waals surface area contributed by atoms with Crippen molar-refractivity contribution in [1.29, 1.82) is 0 Å². The van der Waals surface area contributed by atoms with E-state index in [4.69, 9.17) is 28.7 Å². The van der Waals surface area contributed by atoms with Crippen LogP contribution in [-0.4, -0.2) is 175 Å². The maximum absolute atomic E-state index is 14.7. The SMILES string of the molecule is CCCC(=O)NCCCCCC(=O)N[C@@H](CCN)C(=O)C[C@H](C(=O)N[C@@H](CCN)C(=O)C[C@H]1CCNC(=O)[C@H]([C@@H](C)O)CC(=O)[C@H](CCN)NC(=O)[C@H](CCN)NC(=O)[C@H](CC(C)C)NC(=O)[C@@H](Cc2ccccc2)CC(=O)[C@H](CCN)NC1=O)[C@@H](C)O. The van der Waals surface area contributed by atoms with E-state index in [9.17, 15) is 67.7 Å². The summed E-state index contributed by atoms with van der Waals surface area (Å²) in [5, 5.41) is 43.3. The minimum absolute atomic E-state index is 0.00384. The Kier molecular flexibility index (Phi) is 37.3. The predicted molar refractivity (Wildman–Crippen MR) is 329 cm³/mol. The number of Topliss-reactive ketones (excluding diaryl/α,β-unsaturated/α-hetero) is 4. The number of rotatable bonds is 33. The van der Waals surface area contributed by atoms with Crippen molar-refractivity contribution in [2.24, 2.45) is 58.3 Å². The number of nitrogens with two attached hydrogens (primary N) is 5. The van der Waals surface area contributed by atoms with Crippen molar-refractivity contribution in [3.63, 3.8) is 0 Å². The minimum Gasteiger partial charge on any atom is -0.393 e. The molecule has 0 bridgehead atoms. The summed E-state index contributed by atoms with van der Waals surface area (Å²) < 4.78 is 0. The van der Waals surface area contributed by atoms with E-state index in [1.165, 1.54) is 13.8 Å². The summed E-state index contributed by atoms with van der Waals surface area (Å²) >= 11 is 0. The zero-order chi connectivity index (χ0) is 65.9. The molecule has 1 aliphatic rings. The van der Waals surface area contributed by atoms with Gasteiger partial charge in [-0.05, 0) is 129 Å². The van der Waals surface area contributed by atoms with E-state index in [2.05, 4.69) is 42.5 Å². The highest BCUT2D eigenvalue weighted by Gasteiger charge is 2.38. The number of ketones is 4. The van der Waals surface area contributed by atoms with Gasteiger partial charge in [0.25, 0.3) is 0 Å². The second kappa shape index (κ2) is 42.3. The summed E-state index contributed by atoms with van der Waals surface area (Å²) in [6.45, 7) is 7.70. The number of benzene rings is 1. The number of carbonyl (C=O) groups is 12. The second-order valence-electron chi connectivity index (χ2n) is 23.4. The zero-order valence-electron chi connectivity index (χ0n) is 52.3. The number of amides is 8. The van der Waals surface area contributed by atoms with Crippen LogP contribution in [0.15, 0.2) is 30.3 Å². The van der Waals surface area contributed by atoms with Crippen LogP contribution in [0.4, 0.5) is 0 Å². The molecule has 8 amide bonds. The maximum atomic E-state index is 14.7. The van der Waals surface area contributed by atoms with Crippen LogP contribution in [0.1, 0.15) is 149 Å². The third kappa shape index (κ3) is 28.7. The van der Waals surface area contributed by atoms with Crippen molar-refractivity contribution in [1.82, 2.24) is 42.5 Å². The summed E-state index contributed by atoms with van der Waals surface area (Å²) in [5.41, 5.74) is 30.2. The molecule has 0 aliphatic carbocycles. The van der Waals surface area contributed by atoms with E-state index in [1.54, 1.807) is 30.3 Å². The van der Waals surface area contributed by atoms with E-state index in [-0.39, 0.29) is 109 Å². The average molecular weight is 1240 g/mol. The molecule has 1 aromatic rings. The number of aliphatic hydroxyl groups excluding tert-OH is 2. The molecular formula is C61H103N13O14. The molecule has 0 spiro atoms. The van der Waals surface area contributed by atoms with Crippen LogP contribution in [0, 0.1) is 29.6 Å². The van der Waals surface area contributed by atoms with Gasteiger partial charge in [-0.3, -0.25) is 57.5 Å². The Balaban J connectivity index is 2.62. The van der Waals surface area contributed by atoms with Gasteiger partial charge < -0.3 is 81.4 Å². The molecule has 1 aliphatic heterocycles. The lowest BCUT2D eigenvalue weighted by Crippen LogP contribution is -2.57. The quantitative estimate of drug-likeness (QED) is 0.0338. The normalized spacial score (nSPS) is 22.3. The lowest BCUT2D eigenvalue weighted by molar-refractivity contribution is -0.137. The van der Waals surface area contributed by atoms with Gasteiger partial charge >= 0.3 is 0 Å². The van der Waals surface area contributed by atoms with Crippen LogP contribution < -0.4 is 71.2 Å². The number of aliphatic hydroxyl groups is 2. The molecule has 12 atom stereocenters. The molecule has 2 rings (SSSR count). The topological polar surface area (TPSA) is 472 Å². The molecule has 27 nitrogen and oxygen atoms in total. The van der Waals surface area contributed by atoms with E-state index >= 15 is 0 Å². The fourth-order valence-corrected chi connectivity index (χ4v) is 10.3. The third-order valence-corrected chi connectivity index (χ3v) is 15.4. The van der Waals surface area contributed by atoms with Crippen molar-refractivity contribution in [3.8, 4) is 0 Å². The van der Waals surface area contributed by atoms with Crippen LogP contribution in [0.25, 0.3) is 0 Å². The Morgan fingerprint density at radius 2 is 1.15 bits per heavy atom. The number of carbonyl (C=O) groups excluding carboxylic acids is 12.